The second kappa shape index (κ2) is 6.69. The van der Waals surface area contributed by atoms with Crippen molar-refractivity contribution in [2.75, 3.05) is 17.7 Å². The molecule has 1 saturated carbocycles. The molecule has 0 radical (unpaired) electrons. The molecule has 0 spiro atoms. The monoisotopic (exact) mass is 297 g/mol. The van der Waals surface area contributed by atoms with Crippen molar-refractivity contribution in [3.05, 3.63) is 5.69 Å². The highest BCUT2D eigenvalue weighted by atomic mass is 32.1. The summed E-state index contributed by atoms with van der Waals surface area (Å²) in [6, 6.07) is 0. The van der Waals surface area contributed by atoms with Gasteiger partial charge in [-0.1, -0.05) is 30.6 Å². The molecular formula is C13H19N3O3S. The van der Waals surface area contributed by atoms with Crippen molar-refractivity contribution in [3.8, 4) is 0 Å². The van der Waals surface area contributed by atoms with Crippen molar-refractivity contribution in [2.24, 2.45) is 5.92 Å². The molecule has 110 valence electrons. The number of rotatable bonds is 4. The Balaban J connectivity index is 2.01. The number of aromatic nitrogens is 1. The highest BCUT2D eigenvalue weighted by Crippen LogP contribution is 2.29. The van der Waals surface area contributed by atoms with Crippen LogP contribution < -0.4 is 11.1 Å². The van der Waals surface area contributed by atoms with E-state index < -0.39 is 5.97 Å². The van der Waals surface area contributed by atoms with Gasteiger partial charge in [0.1, 0.15) is 5.00 Å². The second-order valence-electron chi connectivity index (χ2n) is 4.78. The van der Waals surface area contributed by atoms with Gasteiger partial charge in [-0.15, -0.1) is 0 Å². The van der Waals surface area contributed by atoms with Crippen molar-refractivity contribution in [1.82, 2.24) is 4.98 Å². The van der Waals surface area contributed by atoms with Crippen LogP contribution in [0.4, 0.5) is 10.1 Å². The van der Waals surface area contributed by atoms with Crippen LogP contribution in [0.15, 0.2) is 0 Å². The number of carbonyl (C=O) groups excluding carboxylic acids is 2. The smallest absolute Gasteiger partial charge is 0.360 e. The lowest BCUT2D eigenvalue weighted by Gasteiger charge is -2.19. The lowest BCUT2D eigenvalue weighted by Crippen LogP contribution is -2.24. The summed E-state index contributed by atoms with van der Waals surface area (Å²) >= 11 is 1.09. The third-order valence-electron chi connectivity index (χ3n) is 3.33. The number of anilines is 2. The number of esters is 1. The molecule has 1 fully saturated rings. The highest BCUT2D eigenvalue weighted by Gasteiger charge is 2.23. The summed E-state index contributed by atoms with van der Waals surface area (Å²) in [5.41, 5.74) is 5.81. The van der Waals surface area contributed by atoms with Crippen LogP contribution in [0.1, 0.15) is 49.5 Å². The maximum Gasteiger partial charge on any atom is 0.360 e. The third kappa shape index (κ3) is 3.47. The number of nitrogens with two attached hydrogens (primary N) is 1. The molecule has 0 atom stereocenters. The Morgan fingerprint density at radius 3 is 2.75 bits per heavy atom. The molecule has 2 rings (SSSR count). The zero-order chi connectivity index (χ0) is 14.5. The number of nitrogen functional groups attached to an aromatic ring is 1. The maximum atomic E-state index is 12.1. The fourth-order valence-corrected chi connectivity index (χ4v) is 3.03. The summed E-state index contributed by atoms with van der Waals surface area (Å²) in [4.78, 5) is 27.7. The zero-order valence-electron chi connectivity index (χ0n) is 11.5. The van der Waals surface area contributed by atoms with Gasteiger partial charge in [0.05, 0.1) is 6.61 Å². The van der Waals surface area contributed by atoms with Crippen molar-refractivity contribution in [3.63, 3.8) is 0 Å². The van der Waals surface area contributed by atoms with Gasteiger partial charge in [0, 0.05) is 5.92 Å². The Hall–Kier alpha value is -1.63. The van der Waals surface area contributed by atoms with Crippen LogP contribution in [-0.4, -0.2) is 23.5 Å². The fraction of sp³-hybridized carbons (Fsp3) is 0.615. The van der Waals surface area contributed by atoms with Gasteiger partial charge in [0.15, 0.2) is 10.8 Å². The number of nitrogens with one attached hydrogen (secondary N) is 1. The number of thiazole rings is 1. The van der Waals surface area contributed by atoms with Crippen LogP contribution in [0.2, 0.25) is 0 Å². The molecule has 0 bridgehead atoms. The standard InChI is InChI=1S/C13H19N3O3S/c1-2-19-12(18)9-10(14)20-13(15-9)16-11(17)8-6-4-3-5-7-8/h8H,2-7,14H2,1H3,(H,15,16,17). The van der Waals surface area contributed by atoms with E-state index >= 15 is 0 Å². The molecule has 0 aromatic carbocycles. The van der Waals surface area contributed by atoms with Gasteiger partial charge in [-0.3, -0.25) is 4.79 Å². The lowest BCUT2D eigenvalue weighted by atomic mass is 9.89. The molecule has 1 aliphatic carbocycles. The van der Waals surface area contributed by atoms with Crippen molar-refractivity contribution in [2.45, 2.75) is 39.0 Å². The Labute approximate surface area is 121 Å². The minimum atomic E-state index is -0.556. The molecule has 20 heavy (non-hydrogen) atoms. The summed E-state index contributed by atoms with van der Waals surface area (Å²) in [6.45, 7) is 1.98. The number of amides is 1. The quantitative estimate of drug-likeness (QED) is 0.832. The first-order valence-corrected chi connectivity index (χ1v) is 7.67. The first-order valence-electron chi connectivity index (χ1n) is 6.86. The van der Waals surface area contributed by atoms with Gasteiger partial charge in [-0.25, -0.2) is 9.78 Å². The number of hydrogen-bond donors (Lipinski definition) is 2. The Kier molecular flexibility index (Phi) is 4.94. The average Bonchev–Trinajstić information content (AvgIpc) is 2.81. The molecular weight excluding hydrogens is 278 g/mol. The molecule has 1 aromatic heterocycles. The topological polar surface area (TPSA) is 94.3 Å². The normalized spacial score (nSPS) is 15.8. The largest absolute Gasteiger partial charge is 0.461 e. The van der Waals surface area contributed by atoms with Gasteiger partial charge in [-0.2, -0.15) is 0 Å². The first kappa shape index (κ1) is 14.8. The van der Waals surface area contributed by atoms with E-state index in [0.29, 0.717) is 5.13 Å². The van der Waals surface area contributed by atoms with E-state index in [2.05, 4.69) is 10.3 Å². The van der Waals surface area contributed by atoms with Crippen LogP contribution in [0.5, 0.6) is 0 Å². The molecule has 1 aliphatic rings. The van der Waals surface area contributed by atoms with E-state index in [0.717, 1.165) is 37.0 Å². The predicted molar refractivity (Wildman–Crippen MR) is 77.7 cm³/mol. The van der Waals surface area contributed by atoms with Gasteiger partial charge in [-0.05, 0) is 19.8 Å². The van der Waals surface area contributed by atoms with Crippen LogP contribution in [0.25, 0.3) is 0 Å². The maximum absolute atomic E-state index is 12.1. The predicted octanol–water partition coefficient (Wildman–Crippen LogP) is 2.42. The van der Waals surface area contributed by atoms with Crippen LogP contribution >= 0.6 is 11.3 Å². The summed E-state index contributed by atoms with van der Waals surface area (Å²) in [7, 11) is 0. The molecule has 0 saturated heterocycles. The summed E-state index contributed by atoms with van der Waals surface area (Å²) in [5.74, 6) is -0.548. The second-order valence-corrected chi connectivity index (χ2v) is 5.81. The summed E-state index contributed by atoms with van der Waals surface area (Å²) in [6.07, 6.45) is 5.20. The molecule has 1 amide bonds. The van der Waals surface area contributed by atoms with E-state index in [1.807, 2.05) is 0 Å². The third-order valence-corrected chi connectivity index (χ3v) is 4.13. The van der Waals surface area contributed by atoms with E-state index in [4.69, 9.17) is 10.5 Å². The number of hydrogen-bond acceptors (Lipinski definition) is 6. The molecule has 0 aliphatic heterocycles. The Morgan fingerprint density at radius 2 is 2.10 bits per heavy atom. The molecule has 6 nitrogen and oxygen atoms in total. The van der Waals surface area contributed by atoms with Gasteiger partial charge < -0.3 is 15.8 Å². The minimum absolute atomic E-state index is 0.0335. The molecule has 1 aromatic rings. The van der Waals surface area contributed by atoms with Crippen molar-refractivity contribution in [1.29, 1.82) is 0 Å². The first-order chi connectivity index (χ1) is 9.61. The van der Waals surface area contributed by atoms with Crippen LogP contribution in [0.3, 0.4) is 0 Å². The summed E-state index contributed by atoms with van der Waals surface area (Å²) < 4.78 is 4.86. The summed E-state index contributed by atoms with van der Waals surface area (Å²) in [5, 5.41) is 3.38. The van der Waals surface area contributed by atoms with Gasteiger partial charge in [0.2, 0.25) is 5.91 Å². The van der Waals surface area contributed by atoms with Gasteiger partial charge in [0.25, 0.3) is 0 Å². The number of carbonyl (C=O) groups is 2. The Morgan fingerprint density at radius 1 is 1.40 bits per heavy atom. The molecule has 1 heterocycles. The highest BCUT2D eigenvalue weighted by molar-refractivity contribution is 7.19. The van der Waals surface area contributed by atoms with Crippen molar-refractivity contribution >= 4 is 33.3 Å². The number of ether oxygens (including phenoxy) is 1. The molecule has 0 unspecified atom stereocenters. The SMILES string of the molecule is CCOC(=O)c1nc(NC(=O)C2CCCCC2)sc1N. The fourth-order valence-electron chi connectivity index (χ4n) is 2.30. The van der Waals surface area contributed by atoms with Crippen LogP contribution in [0, 0.1) is 5.92 Å². The Bertz CT molecular complexity index is 495. The van der Waals surface area contributed by atoms with Crippen LogP contribution in [-0.2, 0) is 9.53 Å². The zero-order valence-corrected chi connectivity index (χ0v) is 12.3. The van der Waals surface area contributed by atoms with Gasteiger partial charge >= 0.3 is 5.97 Å². The lowest BCUT2D eigenvalue weighted by molar-refractivity contribution is -0.120. The van der Waals surface area contributed by atoms with Crippen molar-refractivity contribution < 1.29 is 14.3 Å². The van der Waals surface area contributed by atoms with E-state index in [1.165, 1.54) is 6.42 Å². The van der Waals surface area contributed by atoms with E-state index in [1.54, 1.807) is 6.92 Å². The minimum Gasteiger partial charge on any atom is -0.461 e. The van der Waals surface area contributed by atoms with E-state index in [9.17, 15) is 9.59 Å². The molecule has 7 heteroatoms. The number of nitrogens with zero attached hydrogens (tertiary/aromatic N) is 1. The molecule has 3 N–H and O–H groups in total. The average molecular weight is 297 g/mol. The van der Waals surface area contributed by atoms with E-state index in [-0.39, 0.29) is 29.1 Å².